The second-order valence-electron chi connectivity index (χ2n) is 4.89. The predicted molar refractivity (Wildman–Crippen MR) is 74.4 cm³/mol. The number of rotatable bonds is 7. The van der Waals surface area contributed by atoms with Crippen molar-refractivity contribution >= 4 is 11.7 Å². The summed E-state index contributed by atoms with van der Waals surface area (Å²) in [4.78, 5) is 11.0. The fourth-order valence-corrected chi connectivity index (χ4v) is 2.11. The van der Waals surface area contributed by atoms with E-state index in [1.807, 2.05) is 24.3 Å². The van der Waals surface area contributed by atoms with Crippen LogP contribution in [0.4, 0.5) is 5.69 Å². The Morgan fingerprint density at radius 3 is 2.58 bits per heavy atom. The number of carbonyl (C=O) groups is 1. The first-order valence-corrected chi connectivity index (χ1v) is 6.79. The smallest absolute Gasteiger partial charge is 0.343 e. The summed E-state index contributed by atoms with van der Waals surface area (Å²) in [5, 5.41) is 3.55. The van der Waals surface area contributed by atoms with Gasteiger partial charge < -0.3 is 14.8 Å². The highest BCUT2D eigenvalue weighted by atomic mass is 16.6. The van der Waals surface area contributed by atoms with Crippen molar-refractivity contribution in [1.29, 1.82) is 0 Å². The molecular weight excluding hydrogens is 242 g/mol. The standard InChI is InChI=1S/C15H21NO3/c1-3-14(11-4-5-11)16-12-6-8-13(9-7-12)19-10-15(17)18-2/h6-9,11,14,16H,3-5,10H2,1-2H3. The minimum Gasteiger partial charge on any atom is -0.482 e. The average Bonchev–Trinajstić information content (AvgIpc) is 3.28. The van der Waals surface area contributed by atoms with E-state index in [1.54, 1.807) is 0 Å². The SMILES string of the molecule is CCC(Nc1ccc(OCC(=O)OC)cc1)C1CC1. The van der Waals surface area contributed by atoms with Crippen LogP contribution in [0.1, 0.15) is 26.2 Å². The van der Waals surface area contributed by atoms with Gasteiger partial charge in [0.2, 0.25) is 0 Å². The number of methoxy groups -OCH3 is 1. The molecule has 0 bridgehead atoms. The Kier molecular flexibility index (Phi) is 4.66. The van der Waals surface area contributed by atoms with Crippen molar-refractivity contribution < 1.29 is 14.3 Å². The van der Waals surface area contributed by atoms with E-state index in [2.05, 4.69) is 17.0 Å². The van der Waals surface area contributed by atoms with E-state index >= 15 is 0 Å². The lowest BCUT2D eigenvalue weighted by Gasteiger charge is -2.17. The maximum atomic E-state index is 11.0. The Labute approximate surface area is 114 Å². The molecule has 1 fully saturated rings. The van der Waals surface area contributed by atoms with Crippen LogP contribution in [0.5, 0.6) is 5.75 Å². The van der Waals surface area contributed by atoms with Crippen LogP contribution in [0.15, 0.2) is 24.3 Å². The van der Waals surface area contributed by atoms with E-state index in [4.69, 9.17) is 4.74 Å². The summed E-state index contributed by atoms with van der Waals surface area (Å²) < 4.78 is 9.82. The minimum absolute atomic E-state index is 0.0526. The van der Waals surface area contributed by atoms with Gasteiger partial charge >= 0.3 is 5.97 Å². The third kappa shape index (κ3) is 4.16. The molecule has 1 saturated carbocycles. The van der Waals surface area contributed by atoms with Gasteiger partial charge in [0.05, 0.1) is 7.11 Å². The summed E-state index contributed by atoms with van der Waals surface area (Å²) in [7, 11) is 1.35. The second-order valence-corrected chi connectivity index (χ2v) is 4.89. The van der Waals surface area contributed by atoms with Crippen molar-refractivity contribution in [3.05, 3.63) is 24.3 Å². The third-order valence-electron chi connectivity index (χ3n) is 3.42. The number of carbonyl (C=O) groups excluding carboxylic acids is 1. The van der Waals surface area contributed by atoms with Crippen molar-refractivity contribution in [2.75, 3.05) is 19.0 Å². The maximum absolute atomic E-state index is 11.0. The average molecular weight is 263 g/mol. The van der Waals surface area contributed by atoms with Gasteiger partial charge in [-0.25, -0.2) is 4.79 Å². The van der Waals surface area contributed by atoms with Crippen molar-refractivity contribution in [2.45, 2.75) is 32.2 Å². The summed E-state index contributed by atoms with van der Waals surface area (Å²) >= 11 is 0. The summed E-state index contributed by atoms with van der Waals surface area (Å²) in [6.45, 7) is 2.16. The lowest BCUT2D eigenvalue weighted by atomic mass is 10.1. The highest BCUT2D eigenvalue weighted by Crippen LogP contribution is 2.35. The highest BCUT2D eigenvalue weighted by molar-refractivity contribution is 5.70. The molecule has 1 unspecified atom stereocenters. The van der Waals surface area contributed by atoms with E-state index < -0.39 is 0 Å². The molecule has 2 rings (SSSR count). The number of anilines is 1. The first kappa shape index (κ1) is 13.7. The van der Waals surface area contributed by atoms with Gasteiger partial charge in [-0.3, -0.25) is 0 Å². The quantitative estimate of drug-likeness (QED) is 0.768. The molecule has 0 spiro atoms. The molecule has 0 aliphatic heterocycles. The van der Waals surface area contributed by atoms with E-state index in [0.29, 0.717) is 11.8 Å². The fourth-order valence-electron chi connectivity index (χ4n) is 2.11. The Balaban J connectivity index is 1.85. The molecule has 4 heteroatoms. The molecule has 1 atom stereocenters. The number of hydrogen-bond donors (Lipinski definition) is 1. The topological polar surface area (TPSA) is 47.6 Å². The van der Waals surface area contributed by atoms with Crippen LogP contribution >= 0.6 is 0 Å². The zero-order valence-electron chi connectivity index (χ0n) is 11.5. The maximum Gasteiger partial charge on any atom is 0.343 e. The first-order valence-electron chi connectivity index (χ1n) is 6.79. The van der Waals surface area contributed by atoms with Crippen LogP contribution in [-0.2, 0) is 9.53 Å². The predicted octanol–water partition coefficient (Wildman–Crippen LogP) is 2.84. The van der Waals surface area contributed by atoms with E-state index in [1.165, 1.54) is 20.0 Å². The van der Waals surface area contributed by atoms with Crippen molar-refractivity contribution in [1.82, 2.24) is 0 Å². The molecule has 0 heterocycles. The molecule has 0 amide bonds. The normalized spacial score (nSPS) is 15.7. The van der Waals surface area contributed by atoms with Crippen LogP contribution in [0.2, 0.25) is 0 Å². The summed E-state index contributed by atoms with van der Waals surface area (Å²) in [5.74, 6) is 1.14. The summed E-state index contributed by atoms with van der Waals surface area (Å²) in [6, 6.07) is 8.27. The third-order valence-corrected chi connectivity index (χ3v) is 3.42. The van der Waals surface area contributed by atoms with E-state index in [-0.39, 0.29) is 12.6 Å². The molecule has 1 aromatic rings. The van der Waals surface area contributed by atoms with Crippen molar-refractivity contribution in [2.24, 2.45) is 5.92 Å². The molecule has 4 nitrogen and oxygen atoms in total. The minimum atomic E-state index is -0.373. The molecule has 0 aromatic heterocycles. The molecule has 1 aliphatic carbocycles. The van der Waals surface area contributed by atoms with Crippen LogP contribution in [0, 0.1) is 5.92 Å². The lowest BCUT2D eigenvalue weighted by molar-refractivity contribution is -0.142. The van der Waals surface area contributed by atoms with Gasteiger partial charge in [0.1, 0.15) is 5.75 Å². The Morgan fingerprint density at radius 1 is 1.37 bits per heavy atom. The number of ether oxygens (including phenoxy) is 2. The first-order chi connectivity index (χ1) is 9.22. The Hall–Kier alpha value is -1.71. The van der Waals surface area contributed by atoms with Crippen LogP contribution in [0.3, 0.4) is 0 Å². The number of hydrogen-bond acceptors (Lipinski definition) is 4. The molecule has 0 radical (unpaired) electrons. The lowest BCUT2D eigenvalue weighted by Crippen LogP contribution is -2.20. The number of esters is 1. The molecular formula is C15H21NO3. The van der Waals surface area contributed by atoms with Gasteiger partial charge in [-0.1, -0.05) is 6.92 Å². The van der Waals surface area contributed by atoms with Crippen LogP contribution in [0.25, 0.3) is 0 Å². The zero-order chi connectivity index (χ0) is 13.7. The monoisotopic (exact) mass is 263 g/mol. The molecule has 1 N–H and O–H groups in total. The van der Waals surface area contributed by atoms with Gasteiger partial charge in [0, 0.05) is 11.7 Å². The fraction of sp³-hybridized carbons (Fsp3) is 0.533. The second kappa shape index (κ2) is 6.45. The molecule has 1 aromatic carbocycles. The van der Waals surface area contributed by atoms with E-state index in [9.17, 15) is 4.79 Å². The zero-order valence-corrected chi connectivity index (χ0v) is 11.5. The number of nitrogens with one attached hydrogen (secondary N) is 1. The van der Waals surface area contributed by atoms with Crippen molar-refractivity contribution in [3.63, 3.8) is 0 Å². The summed E-state index contributed by atoms with van der Waals surface area (Å²) in [5.41, 5.74) is 1.10. The van der Waals surface area contributed by atoms with Gasteiger partial charge in [-0.2, -0.15) is 0 Å². The van der Waals surface area contributed by atoms with Crippen molar-refractivity contribution in [3.8, 4) is 5.75 Å². The van der Waals surface area contributed by atoms with Crippen LogP contribution < -0.4 is 10.1 Å². The van der Waals surface area contributed by atoms with Gasteiger partial charge in [0.15, 0.2) is 6.61 Å². The van der Waals surface area contributed by atoms with Crippen LogP contribution in [-0.4, -0.2) is 25.7 Å². The van der Waals surface area contributed by atoms with Gasteiger partial charge in [0.25, 0.3) is 0 Å². The van der Waals surface area contributed by atoms with Gasteiger partial charge in [-0.15, -0.1) is 0 Å². The largest absolute Gasteiger partial charge is 0.482 e. The highest BCUT2D eigenvalue weighted by Gasteiger charge is 2.29. The molecule has 19 heavy (non-hydrogen) atoms. The molecule has 1 aliphatic rings. The Bertz CT molecular complexity index is 412. The van der Waals surface area contributed by atoms with Gasteiger partial charge in [-0.05, 0) is 49.4 Å². The van der Waals surface area contributed by atoms with E-state index in [0.717, 1.165) is 18.0 Å². The molecule has 0 saturated heterocycles. The molecule has 104 valence electrons. The number of benzene rings is 1. The summed E-state index contributed by atoms with van der Waals surface area (Å²) in [6.07, 6.45) is 3.82. The Morgan fingerprint density at radius 2 is 2.05 bits per heavy atom.